The van der Waals surface area contributed by atoms with Crippen molar-refractivity contribution >= 4 is 42.6 Å². The minimum Gasteiger partial charge on any atom is -1.00 e. The Hall–Kier alpha value is -0.763. The average Bonchev–Trinajstić information content (AvgIpc) is 2.63. The number of hydrogen-bond donors (Lipinski definition) is 0. The molecule has 0 aromatic heterocycles. The maximum absolute atomic E-state index is 12.8. The maximum Gasteiger partial charge on any atom is 1.00 e. The van der Waals surface area contributed by atoms with Crippen LogP contribution in [0.1, 0.15) is 25.6 Å². The van der Waals surface area contributed by atoms with Gasteiger partial charge in [0.15, 0.2) is 18.1 Å². The summed E-state index contributed by atoms with van der Waals surface area (Å²) in [6, 6.07) is 10.2. The molecule has 0 saturated carbocycles. The standard InChI is InChI=1S/C19H21Cl2O5P.Li.H/c1-11(23-3)25-13-8-9-17(16(10-13)26-12(2)24-4)27-19(22)18-14(20)6-5-7-15(18)21;;/h5-12,27H,1-4H3;;/q;+1;-1. The van der Waals surface area contributed by atoms with Crippen LogP contribution in [0.15, 0.2) is 36.4 Å². The zero-order chi connectivity index (χ0) is 20.0. The number of carbonyl (C=O) groups excluding carboxylic acids is 1. The molecule has 0 aliphatic rings. The summed E-state index contributed by atoms with van der Waals surface area (Å²) < 4.78 is 21.7. The van der Waals surface area contributed by atoms with Gasteiger partial charge in [0.1, 0.15) is 11.5 Å². The number of hydrogen-bond acceptors (Lipinski definition) is 5. The zero-order valence-corrected chi connectivity index (χ0v) is 18.9. The Kier molecular flexibility index (Phi) is 10.9. The summed E-state index contributed by atoms with van der Waals surface area (Å²) >= 11 is 12.3. The van der Waals surface area contributed by atoms with Gasteiger partial charge in [0.2, 0.25) is 0 Å². The fraction of sp³-hybridized carbons (Fsp3) is 0.316. The normalized spacial score (nSPS) is 13.1. The molecule has 2 aromatic rings. The van der Waals surface area contributed by atoms with E-state index in [-0.39, 0.29) is 34.4 Å². The van der Waals surface area contributed by atoms with E-state index >= 15 is 0 Å². The second kappa shape index (κ2) is 12.1. The fourth-order valence-electron chi connectivity index (χ4n) is 2.14. The van der Waals surface area contributed by atoms with E-state index in [4.69, 9.17) is 42.1 Å². The van der Waals surface area contributed by atoms with E-state index in [0.29, 0.717) is 32.4 Å². The number of methoxy groups -OCH3 is 2. The Morgan fingerprint density at radius 3 is 2.14 bits per heavy atom. The first-order chi connectivity index (χ1) is 12.8. The molecule has 3 unspecified atom stereocenters. The third kappa shape index (κ3) is 6.93. The molecule has 0 radical (unpaired) electrons. The number of carbonyl (C=O) groups is 1. The quantitative estimate of drug-likeness (QED) is 0.340. The first-order valence-corrected chi connectivity index (χ1v) is 9.89. The van der Waals surface area contributed by atoms with E-state index in [1.54, 1.807) is 57.4 Å². The SMILES string of the molecule is COC(C)Oc1ccc(PC(=O)c2c(Cl)cccc2Cl)c(OC(C)OC)c1.[H-].[Li+]. The molecule has 0 bridgehead atoms. The van der Waals surface area contributed by atoms with Crippen molar-refractivity contribution in [3.63, 3.8) is 0 Å². The van der Waals surface area contributed by atoms with Crippen molar-refractivity contribution in [3.05, 3.63) is 52.0 Å². The minimum absolute atomic E-state index is 0. The molecular formula is C19H22Cl2LiO5P. The summed E-state index contributed by atoms with van der Waals surface area (Å²) in [4.78, 5) is 12.8. The Morgan fingerprint density at radius 2 is 1.57 bits per heavy atom. The summed E-state index contributed by atoms with van der Waals surface area (Å²) in [6.07, 6.45) is -0.919. The van der Waals surface area contributed by atoms with Crippen LogP contribution >= 0.6 is 31.8 Å². The largest absolute Gasteiger partial charge is 1.00 e. The molecule has 0 N–H and O–H groups in total. The van der Waals surface area contributed by atoms with E-state index in [1.807, 2.05) is 0 Å². The first-order valence-electron chi connectivity index (χ1n) is 8.14. The van der Waals surface area contributed by atoms with Crippen molar-refractivity contribution in [1.82, 2.24) is 0 Å². The number of ether oxygens (including phenoxy) is 4. The second-order valence-corrected chi connectivity index (χ2v) is 7.61. The Labute approximate surface area is 190 Å². The van der Waals surface area contributed by atoms with Gasteiger partial charge in [-0.15, -0.1) is 0 Å². The van der Waals surface area contributed by atoms with Gasteiger partial charge in [0, 0.05) is 25.6 Å². The van der Waals surface area contributed by atoms with Gasteiger partial charge in [0.05, 0.1) is 15.6 Å². The van der Waals surface area contributed by atoms with Crippen LogP contribution in [0.3, 0.4) is 0 Å². The Balaban J connectivity index is 0.00000392. The summed E-state index contributed by atoms with van der Waals surface area (Å²) in [6.45, 7) is 3.53. The van der Waals surface area contributed by atoms with Gasteiger partial charge < -0.3 is 20.4 Å². The van der Waals surface area contributed by atoms with Gasteiger partial charge >= 0.3 is 18.9 Å². The molecule has 2 aromatic carbocycles. The molecule has 0 spiro atoms. The summed E-state index contributed by atoms with van der Waals surface area (Å²) in [5.74, 6) is 1.04. The molecule has 2 rings (SSSR count). The zero-order valence-electron chi connectivity index (χ0n) is 17.4. The molecule has 5 nitrogen and oxygen atoms in total. The van der Waals surface area contributed by atoms with Crippen molar-refractivity contribution in [2.45, 2.75) is 26.4 Å². The van der Waals surface area contributed by atoms with Crippen molar-refractivity contribution in [3.8, 4) is 11.5 Å². The summed E-state index contributed by atoms with van der Waals surface area (Å²) in [5.41, 5.74) is 0.123. The molecule has 28 heavy (non-hydrogen) atoms. The van der Waals surface area contributed by atoms with E-state index in [9.17, 15) is 4.79 Å². The molecule has 3 atom stereocenters. The smallest absolute Gasteiger partial charge is 1.00 e. The molecule has 0 heterocycles. The number of halogens is 2. The van der Waals surface area contributed by atoms with Gasteiger partial charge in [-0.05, 0) is 46.7 Å². The topological polar surface area (TPSA) is 54.0 Å². The summed E-state index contributed by atoms with van der Waals surface area (Å²) in [5, 5.41) is 1.33. The molecule has 0 fully saturated rings. The van der Waals surface area contributed by atoms with Crippen LogP contribution < -0.4 is 33.6 Å². The van der Waals surface area contributed by atoms with Crippen LogP contribution in [0.25, 0.3) is 0 Å². The molecule has 0 aliphatic carbocycles. The Morgan fingerprint density at radius 1 is 1.00 bits per heavy atom. The first kappa shape index (κ1) is 25.3. The second-order valence-electron chi connectivity index (χ2n) is 5.55. The maximum atomic E-state index is 12.8. The van der Waals surface area contributed by atoms with E-state index in [1.165, 1.54) is 7.11 Å². The average molecular weight is 439 g/mol. The van der Waals surface area contributed by atoms with Gasteiger partial charge in [-0.3, -0.25) is 4.79 Å². The van der Waals surface area contributed by atoms with E-state index < -0.39 is 12.6 Å². The number of rotatable bonds is 9. The monoisotopic (exact) mass is 438 g/mol. The van der Waals surface area contributed by atoms with Gasteiger partial charge in [-0.25, -0.2) is 0 Å². The van der Waals surface area contributed by atoms with Crippen molar-refractivity contribution in [2.75, 3.05) is 14.2 Å². The van der Waals surface area contributed by atoms with E-state index in [0.717, 1.165) is 0 Å². The third-order valence-corrected chi connectivity index (χ3v) is 5.44. The van der Waals surface area contributed by atoms with Gasteiger partial charge in [-0.2, -0.15) is 0 Å². The molecule has 0 amide bonds. The number of benzene rings is 2. The van der Waals surface area contributed by atoms with Crippen LogP contribution in [0.5, 0.6) is 11.5 Å². The van der Waals surface area contributed by atoms with Gasteiger partial charge in [-0.1, -0.05) is 29.3 Å². The molecule has 9 heteroatoms. The van der Waals surface area contributed by atoms with Crippen LogP contribution in [0.4, 0.5) is 0 Å². The van der Waals surface area contributed by atoms with Crippen LogP contribution in [-0.2, 0) is 9.47 Å². The van der Waals surface area contributed by atoms with Crippen molar-refractivity contribution in [1.29, 1.82) is 0 Å². The predicted molar refractivity (Wildman–Crippen MR) is 110 cm³/mol. The predicted octanol–water partition coefficient (Wildman–Crippen LogP) is 2.00. The van der Waals surface area contributed by atoms with E-state index in [2.05, 4.69) is 0 Å². The van der Waals surface area contributed by atoms with Crippen molar-refractivity contribution < 1.29 is 44.0 Å². The van der Waals surface area contributed by atoms with Crippen LogP contribution in [-0.4, -0.2) is 32.3 Å². The van der Waals surface area contributed by atoms with Crippen LogP contribution in [0.2, 0.25) is 10.0 Å². The summed E-state index contributed by atoms with van der Waals surface area (Å²) in [7, 11) is 2.85. The van der Waals surface area contributed by atoms with Crippen LogP contribution in [0, 0.1) is 0 Å². The van der Waals surface area contributed by atoms with Crippen molar-refractivity contribution in [2.24, 2.45) is 0 Å². The minimum atomic E-state index is -0.498. The molecular weight excluding hydrogens is 417 g/mol. The third-order valence-electron chi connectivity index (χ3n) is 3.65. The Bertz CT molecular complexity index is 792. The fourth-order valence-corrected chi connectivity index (χ4v) is 3.93. The molecule has 0 aliphatic heterocycles. The molecule has 148 valence electrons. The molecule has 0 saturated heterocycles. The van der Waals surface area contributed by atoms with Gasteiger partial charge in [0.25, 0.3) is 0 Å².